The second-order valence-corrected chi connectivity index (χ2v) is 9.09. The minimum Gasteiger partial charge on any atom is -0.319 e. The lowest BCUT2D eigenvalue weighted by Crippen LogP contribution is -2.40. The molecule has 4 nitrogen and oxygen atoms in total. The van der Waals surface area contributed by atoms with Crippen molar-refractivity contribution in [3.05, 3.63) is 15.9 Å². The third-order valence-corrected chi connectivity index (χ3v) is 7.20. The van der Waals surface area contributed by atoms with Crippen LogP contribution in [-0.4, -0.2) is 39.4 Å². The Hall–Kier alpha value is 0.0500. The van der Waals surface area contributed by atoms with E-state index in [1.54, 1.807) is 16.4 Å². The van der Waals surface area contributed by atoms with E-state index in [4.69, 9.17) is 0 Å². The maximum Gasteiger partial charge on any atom is 0.252 e. The number of rotatable bonds is 4. The van der Waals surface area contributed by atoms with E-state index in [9.17, 15) is 8.42 Å². The fourth-order valence-electron chi connectivity index (χ4n) is 2.21. The van der Waals surface area contributed by atoms with Crippen LogP contribution in [0.25, 0.3) is 0 Å². The van der Waals surface area contributed by atoms with Gasteiger partial charge in [0.25, 0.3) is 10.0 Å². The van der Waals surface area contributed by atoms with E-state index in [2.05, 4.69) is 21.2 Å². The molecule has 18 heavy (non-hydrogen) atoms. The quantitative estimate of drug-likeness (QED) is 0.902. The van der Waals surface area contributed by atoms with Crippen molar-refractivity contribution in [2.75, 3.05) is 26.7 Å². The number of hydrogen-bond donors (Lipinski definition) is 1. The van der Waals surface area contributed by atoms with Gasteiger partial charge in [-0.05, 0) is 60.4 Å². The summed E-state index contributed by atoms with van der Waals surface area (Å²) in [5.41, 5.74) is 0. The second-order valence-electron chi connectivity index (χ2n) is 4.46. The molecule has 0 atom stereocenters. The fraction of sp³-hybridized carbons (Fsp3) is 0.636. The Bertz CT molecular complexity index is 493. The monoisotopic (exact) mass is 352 g/mol. The van der Waals surface area contributed by atoms with Crippen molar-refractivity contribution in [1.82, 2.24) is 9.62 Å². The zero-order chi connectivity index (χ0) is 13.2. The van der Waals surface area contributed by atoms with Gasteiger partial charge in [-0.2, -0.15) is 4.31 Å². The van der Waals surface area contributed by atoms with Gasteiger partial charge < -0.3 is 5.32 Å². The fourth-order valence-corrected chi connectivity index (χ4v) is 5.84. The number of sulfonamides is 1. The van der Waals surface area contributed by atoms with E-state index in [1.165, 1.54) is 11.3 Å². The smallest absolute Gasteiger partial charge is 0.252 e. The normalized spacial score (nSPS) is 19.2. The zero-order valence-corrected chi connectivity index (χ0v) is 13.4. The summed E-state index contributed by atoms with van der Waals surface area (Å²) in [4.78, 5) is 0. The number of thiophene rings is 1. The Morgan fingerprint density at radius 3 is 2.61 bits per heavy atom. The number of halogens is 1. The minimum absolute atomic E-state index is 0.432. The molecule has 0 aliphatic carbocycles. The van der Waals surface area contributed by atoms with Crippen LogP contribution in [0.1, 0.15) is 12.8 Å². The summed E-state index contributed by atoms with van der Waals surface area (Å²) in [6, 6.07) is 3.45. The molecule has 0 bridgehead atoms. The molecule has 2 heterocycles. The number of piperidine rings is 1. The Labute approximate surface area is 121 Å². The highest BCUT2D eigenvalue weighted by Gasteiger charge is 2.30. The van der Waals surface area contributed by atoms with E-state index in [0.29, 0.717) is 23.2 Å². The molecule has 1 N–H and O–H groups in total. The highest BCUT2D eigenvalue weighted by Crippen LogP contribution is 2.30. The van der Waals surface area contributed by atoms with Gasteiger partial charge in [-0.25, -0.2) is 8.42 Å². The number of nitrogens with zero attached hydrogens (tertiary/aromatic N) is 1. The van der Waals surface area contributed by atoms with Crippen molar-refractivity contribution in [3.8, 4) is 0 Å². The molecule has 1 aliphatic heterocycles. The molecular formula is C11H17BrN2O2S2. The van der Waals surface area contributed by atoms with E-state index >= 15 is 0 Å². The maximum absolute atomic E-state index is 12.4. The van der Waals surface area contributed by atoms with Gasteiger partial charge in [0.2, 0.25) is 0 Å². The Morgan fingerprint density at radius 1 is 1.44 bits per heavy atom. The predicted octanol–water partition coefficient (Wildman–Crippen LogP) is 2.13. The van der Waals surface area contributed by atoms with Crippen LogP contribution in [-0.2, 0) is 10.0 Å². The SMILES string of the molecule is CNCC1CCN(S(=O)(=O)c2ccc(Br)s2)CC1. The van der Waals surface area contributed by atoms with Crippen molar-refractivity contribution < 1.29 is 8.42 Å². The Kier molecular flexibility index (Phi) is 4.82. The summed E-state index contributed by atoms with van der Waals surface area (Å²) in [5, 5.41) is 3.15. The van der Waals surface area contributed by atoms with Gasteiger partial charge in [0.05, 0.1) is 3.79 Å². The van der Waals surface area contributed by atoms with Gasteiger partial charge in [-0.15, -0.1) is 11.3 Å². The van der Waals surface area contributed by atoms with Crippen molar-refractivity contribution in [1.29, 1.82) is 0 Å². The maximum atomic E-state index is 12.4. The molecule has 1 aromatic rings. The molecule has 0 aromatic carbocycles. The first kappa shape index (κ1) is 14.5. The molecule has 0 radical (unpaired) electrons. The highest BCUT2D eigenvalue weighted by atomic mass is 79.9. The van der Waals surface area contributed by atoms with Crippen LogP contribution in [0.3, 0.4) is 0 Å². The van der Waals surface area contributed by atoms with Gasteiger partial charge >= 0.3 is 0 Å². The summed E-state index contributed by atoms with van der Waals surface area (Å²) < 4.78 is 27.6. The van der Waals surface area contributed by atoms with Gasteiger partial charge in [0.15, 0.2) is 0 Å². The average molecular weight is 353 g/mol. The standard InChI is InChI=1S/C11H17BrN2O2S2/c1-13-8-9-4-6-14(7-5-9)18(15,16)11-3-2-10(12)17-11/h2-3,9,13H,4-8H2,1H3. The first-order valence-electron chi connectivity index (χ1n) is 5.94. The van der Waals surface area contributed by atoms with E-state index in [0.717, 1.165) is 23.2 Å². The predicted molar refractivity (Wildman–Crippen MR) is 77.4 cm³/mol. The summed E-state index contributed by atoms with van der Waals surface area (Å²) in [6.45, 7) is 2.23. The first-order chi connectivity index (χ1) is 8.54. The molecule has 102 valence electrons. The molecule has 1 fully saturated rings. The second kappa shape index (κ2) is 6.00. The third kappa shape index (κ3) is 3.14. The summed E-state index contributed by atoms with van der Waals surface area (Å²) in [6.07, 6.45) is 1.87. The van der Waals surface area contributed by atoms with E-state index < -0.39 is 10.0 Å². The molecule has 0 spiro atoms. The van der Waals surface area contributed by atoms with Gasteiger partial charge in [-0.3, -0.25) is 0 Å². The van der Waals surface area contributed by atoms with E-state index in [-0.39, 0.29) is 0 Å². The van der Waals surface area contributed by atoms with Crippen molar-refractivity contribution in [3.63, 3.8) is 0 Å². The van der Waals surface area contributed by atoms with Crippen molar-refractivity contribution in [2.24, 2.45) is 5.92 Å². The Morgan fingerprint density at radius 2 is 2.11 bits per heavy atom. The molecule has 0 unspecified atom stereocenters. The molecule has 1 aromatic heterocycles. The van der Waals surface area contributed by atoms with Crippen LogP contribution in [0.2, 0.25) is 0 Å². The zero-order valence-electron chi connectivity index (χ0n) is 10.2. The van der Waals surface area contributed by atoms with E-state index in [1.807, 2.05) is 7.05 Å². The summed E-state index contributed by atoms with van der Waals surface area (Å²) in [7, 11) is -1.34. The van der Waals surface area contributed by atoms with Crippen LogP contribution in [0.5, 0.6) is 0 Å². The minimum atomic E-state index is -3.28. The molecule has 1 saturated heterocycles. The number of hydrogen-bond acceptors (Lipinski definition) is 4. The van der Waals surface area contributed by atoms with Crippen LogP contribution in [0.15, 0.2) is 20.1 Å². The summed E-state index contributed by atoms with van der Waals surface area (Å²) >= 11 is 4.58. The van der Waals surface area contributed by atoms with Crippen LogP contribution in [0.4, 0.5) is 0 Å². The van der Waals surface area contributed by atoms with Gasteiger partial charge in [0.1, 0.15) is 4.21 Å². The van der Waals surface area contributed by atoms with Crippen LogP contribution >= 0.6 is 27.3 Å². The number of nitrogens with one attached hydrogen (secondary N) is 1. The topological polar surface area (TPSA) is 49.4 Å². The molecule has 0 saturated carbocycles. The lowest BCUT2D eigenvalue weighted by molar-refractivity contribution is 0.271. The Balaban J connectivity index is 2.05. The molecule has 2 rings (SSSR count). The largest absolute Gasteiger partial charge is 0.319 e. The van der Waals surface area contributed by atoms with Gasteiger partial charge in [0, 0.05) is 13.1 Å². The molecule has 1 aliphatic rings. The molecule has 7 heteroatoms. The molecular weight excluding hydrogens is 336 g/mol. The lowest BCUT2D eigenvalue weighted by atomic mass is 9.98. The van der Waals surface area contributed by atoms with Crippen molar-refractivity contribution in [2.45, 2.75) is 17.1 Å². The molecule has 0 amide bonds. The average Bonchev–Trinajstić information content (AvgIpc) is 2.78. The lowest BCUT2D eigenvalue weighted by Gasteiger charge is -2.30. The first-order valence-corrected chi connectivity index (χ1v) is 8.99. The van der Waals surface area contributed by atoms with Crippen molar-refractivity contribution >= 4 is 37.3 Å². The third-order valence-electron chi connectivity index (χ3n) is 3.21. The van der Waals surface area contributed by atoms with Crippen LogP contribution in [0, 0.1) is 5.92 Å². The summed E-state index contributed by atoms with van der Waals surface area (Å²) in [5.74, 6) is 0.594. The van der Waals surface area contributed by atoms with Crippen LogP contribution < -0.4 is 5.32 Å². The highest BCUT2D eigenvalue weighted by molar-refractivity contribution is 9.11. The van der Waals surface area contributed by atoms with Gasteiger partial charge in [-0.1, -0.05) is 0 Å².